The number of hydrogen-bond acceptors (Lipinski definition) is 1. The third kappa shape index (κ3) is 2.41. The summed E-state index contributed by atoms with van der Waals surface area (Å²) in [6.45, 7) is 6.96. The summed E-state index contributed by atoms with van der Waals surface area (Å²) in [4.78, 5) is 0. The molecule has 0 radical (unpaired) electrons. The lowest BCUT2D eigenvalue weighted by Crippen LogP contribution is -2.33. The topological polar surface area (TPSA) is 9.23 Å². The monoisotopic (exact) mass is 260 g/mol. The fraction of sp³-hybridized carbons (Fsp3) is 0.625. The second kappa shape index (κ2) is 4.21. The summed E-state index contributed by atoms with van der Waals surface area (Å²) in [5, 5.41) is 0. The van der Waals surface area contributed by atoms with Crippen LogP contribution in [0.25, 0.3) is 0 Å². The zero-order valence-corrected chi connectivity index (χ0v) is 12.8. The maximum absolute atomic E-state index is 6.47. The molecular weight excluding hydrogens is 236 g/mol. The van der Waals surface area contributed by atoms with Gasteiger partial charge in [0.05, 0.1) is 5.60 Å². The van der Waals surface area contributed by atoms with Crippen molar-refractivity contribution < 1.29 is 4.43 Å². The smallest absolute Gasteiger partial charge is 0.184 e. The molecule has 2 heteroatoms. The maximum atomic E-state index is 6.47. The van der Waals surface area contributed by atoms with Gasteiger partial charge in [0, 0.05) is 0 Å². The second-order valence-corrected chi connectivity index (χ2v) is 11.5. The normalized spacial score (nSPS) is 34.4. The van der Waals surface area contributed by atoms with E-state index in [2.05, 4.69) is 50.0 Å². The average Bonchev–Trinajstić information content (AvgIpc) is 2.89. The van der Waals surface area contributed by atoms with E-state index in [9.17, 15) is 0 Å². The Morgan fingerprint density at radius 1 is 1.22 bits per heavy atom. The molecule has 0 amide bonds. The van der Waals surface area contributed by atoms with E-state index in [0.29, 0.717) is 5.60 Å². The highest BCUT2D eigenvalue weighted by molar-refractivity contribution is 6.69. The van der Waals surface area contributed by atoms with Crippen LogP contribution in [0.1, 0.15) is 24.8 Å². The average molecular weight is 260 g/mol. The minimum Gasteiger partial charge on any atom is -0.412 e. The number of hydrogen-bond donors (Lipinski definition) is 0. The Morgan fingerprint density at radius 3 is 2.56 bits per heavy atom. The Labute approximate surface area is 112 Å². The molecule has 2 aliphatic carbocycles. The van der Waals surface area contributed by atoms with Crippen LogP contribution in [0.5, 0.6) is 0 Å². The van der Waals surface area contributed by atoms with Crippen molar-refractivity contribution in [2.45, 2.75) is 50.9 Å². The minimum absolute atomic E-state index is 0.309. The molecular formula is C16H24OSi. The van der Waals surface area contributed by atoms with Gasteiger partial charge in [-0.2, -0.15) is 0 Å². The SMILES string of the molecule is C[Si](C)(C)OC12CCC(Cc3ccccc3)C1C2. The van der Waals surface area contributed by atoms with Crippen LogP contribution in [0.2, 0.25) is 19.6 Å². The summed E-state index contributed by atoms with van der Waals surface area (Å²) < 4.78 is 6.47. The van der Waals surface area contributed by atoms with Crippen LogP contribution in [-0.4, -0.2) is 13.9 Å². The van der Waals surface area contributed by atoms with Crippen LogP contribution in [0, 0.1) is 11.8 Å². The predicted octanol–water partition coefficient (Wildman–Crippen LogP) is 4.25. The molecule has 18 heavy (non-hydrogen) atoms. The van der Waals surface area contributed by atoms with Crippen molar-refractivity contribution in [1.82, 2.24) is 0 Å². The van der Waals surface area contributed by atoms with Crippen molar-refractivity contribution in [2.24, 2.45) is 11.8 Å². The lowest BCUT2D eigenvalue weighted by Gasteiger charge is -2.24. The molecule has 0 aliphatic heterocycles. The van der Waals surface area contributed by atoms with Crippen molar-refractivity contribution in [3.8, 4) is 0 Å². The van der Waals surface area contributed by atoms with Crippen LogP contribution in [-0.2, 0) is 10.8 Å². The van der Waals surface area contributed by atoms with Crippen LogP contribution >= 0.6 is 0 Å². The van der Waals surface area contributed by atoms with E-state index in [1.807, 2.05) is 0 Å². The Balaban J connectivity index is 1.63. The van der Waals surface area contributed by atoms with Gasteiger partial charge in [-0.25, -0.2) is 0 Å². The van der Waals surface area contributed by atoms with Gasteiger partial charge in [0.25, 0.3) is 0 Å². The first-order valence-corrected chi connectivity index (χ1v) is 10.6. The molecule has 3 atom stereocenters. The molecule has 3 rings (SSSR count). The predicted molar refractivity (Wildman–Crippen MR) is 78.1 cm³/mol. The first-order chi connectivity index (χ1) is 8.49. The zero-order valence-electron chi connectivity index (χ0n) is 11.8. The van der Waals surface area contributed by atoms with Crippen LogP contribution in [0.15, 0.2) is 30.3 Å². The quantitative estimate of drug-likeness (QED) is 0.735. The van der Waals surface area contributed by atoms with E-state index in [1.54, 1.807) is 0 Å². The highest BCUT2D eigenvalue weighted by Gasteiger charge is 2.63. The van der Waals surface area contributed by atoms with Crippen molar-refractivity contribution >= 4 is 8.32 Å². The van der Waals surface area contributed by atoms with Crippen LogP contribution in [0.3, 0.4) is 0 Å². The molecule has 0 bridgehead atoms. The molecule has 1 aromatic carbocycles. The van der Waals surface area contributed by atoms with Crippen molar-refractivity contribution in [1.29, 1.82) is 0 Å². The second-order valence-electron chi connectivity index (χ2n) is 7.08. The number of fused-ring (bicyclic) bond motifs is 1. The molecule has 2 fully saturated rings. The van der Waals surface area contributed by atoms with Crippen molar-refractivity contribution in [3.05, 3.63) is 35.9 Å². The molecule has 0 spiro atoms. The fourth-order valence-electron chi connectivity index (χ4n) is 3.77. The van der Waals surface area contributed by atoms with E-state index in [-0.39, 0.29) is 0 Å². The Bertz CT molecular complexity index is 422. The molecule has 3 unspecified atom stereocenters. The summed E-state index contributed by atoms with van der Waals surface area (Å²) in [6, 6.07) is 10.9. The Kier molecular flexibility index (Phi) is 2.91. The van der Waals surface area contributed by atoms with Gasteiger partial charge in [-0.1, -0.05) is 30.3 Å². The Morgan fingerprint density at radius 2 is 1.94 bits per heavy atom. The molecule has 1 nitrogen and oxygen atoms in total. The highest BCUT2D eigenvalue weighted by atomic mass is 28.4. The molecule has 0 N–H and O–H groups in total. The van der Waals surface area contributed by atoms with Crippen LogP contribution in [0.4, 0.5) is 0 Å². The van der Waals surface area contributed by atoms with Crippen LogP contribution < -0.4 is 0 Å². The standard InChI is InChI=1S/C16H24OSi/c1-18(2,3)17-16-10-9-14(15(16)12-16)11-13-7-5-4-6-8-13/h4-8,14-15H,9-12H2,1-3H3. The third-order valence-electron chi connectivity index (χ3n) is 4.44. The third-order valence-corrected chi connectivity index (χ3v) is 5.46. The zero-order chi connectivity index (χ0) is 12.8. The van der Waals surface area contributed by atoms with E-state index in [0.717, 1.165) is 11.8 Å². The van der Waals surface area contributed by atoms with Gasteiger partial charge >= 0.3 is 0 Å². The summed E-state index contributed by atoms with van der Waals surface area (Å²) in [5.41, 5.74) is 1.81. The molecule has 2 aliphatic rings. The lowest BCUT2D eigenvalue weighted by atomic mass is 9.95. The lowest BCUT2D eigenvalue weighted by molar-refractivity contribution is 0.162. The summed E-state index contributed by atoms with van der Waals surface area (Å²) in [5.74, 6) is 1.72. The van der Waals surface area contributed by atoms with E-state index in [4.69, 9.17) is 4.43 Å². The summed E-state index contributed by atoms with van der Waals surface area (Å²) >= 11 is 0. The number of rotatable bonds is 4. The molecule has 0 aromatic heterocycles. The molecule has 1 aromatic rings. The summed E-state index contributed by atoms with van der Waals surface area (Å²) in [6.07, 6.45) is 5.25. The van der Waals surface area contributed by atoms with Gasteiger partial charge in [-0.05, 0) is 62.7 Å². The van der Waals surface area contributed by atoms with Gasteiger partial charge in [0.15, 0.2) is 8.32 Å². The van der Waals surface area contributed by atoms with Crippen molar-refractivity contribution in [3.63, 3.8) is 0 Å². The van der Waals surface area contributed by atoms with Gasteiger partial charge in [-0.3, -0.25) is 0 Å². The van der Waals surface area contributed by atoms with Gasteiger partial charge in [0.2, 0.25) is 0 Å². The summed E-state index contributed by atoms with van der Waals surface area (Å²) in [7, 11) is -1.37. The molecule has 0 saturated heterocycles. The first kappa shape index (κ1) is 12.4. The maximum Gasteiger partial charge on any atom is 0.184 e. The van der Waals surface area contributed by atoms with Crippen molar-refractivity contribution in [2.75, 3.05) is 0 Å². The van der Waals surface area contributed by atoms with E-state index < -0.39 is 8.32 Å². The number of benzene rings is 1. The fourth-order valence-corrected chi connectivity index (χ4v) is 5.32. The van der Waals surface area contributed by atoms with E-state index in [1.165, 1.54) is 31.2 Å². The minimum atomic E-state index is -1.37. The first-order valence-electron chi connectivity index (χ1n) is 7.23. The largest absolute Gasteiger partial charge is 0.412 e. The molecule has 2 saturated carbocycles. The Hall–Kier alpha value is -0.603. The molecule has 0 heterocycles. The highest BCUT2D eigenvalue weighted by Crippen LogP contribution is 2.62. The van der Waals surface area contributed by atoms with Gasteiger partial charge in [-0.15, -0.1) is 0 Å². The molecule has 98 valence electrons. The van der Waals surface area contributed by atoms with Gasteiger partial charge in [0.1, 0.15) is 0 Å². The van der Waals surface area contributed by atoms with E-state index >= 15 is 0 Å². The van der Waals surface area contributed by atoms with Gasteiger partial charge < -0.3 is 4.43 Å².